The van der Waals surface area contributed by atoms with Gasteiger partial charge >= 0.3 is 5.97 Å². The number of aliphatic carboxylic acids is 1. The van der Waals surface area contributed by atoms with E-state index < -0.39 is 5.97 Å². The number of fused-ring (bicyclic) bond motifs is 5. The molecule has 1 atom stereocenters. The molecule has 0 aliphatic heterocycles. The maximum Gasteiger partial charge on any atom is 0.311 e. The molecule has 0 aromatic heterocycles. The molecule has 1 N–H and O–H groups in total. The predicted molar refractivity (Wildman–Crippen MR) is 84.8 cm³/mol. The van der Waals surface area contributed by atoms with E-state index in [1.165, 1.54) is 21.7 Å². The first-order valence-electron chi connectivity index (χ1n) is 7.42. The number of rotatable bonds is 1. The molecule has 1 aliphatic rings. The molecule has 0 saturated heterocycles. The summed E-state index contributed by atoms with van der Waals surface area (Å²) in [6, 6.07) is 16.8. The second-order valence-electron chi connectivity index (χ2n) is 5.80. The minimum Gasteiger partial charge on any atom is -0.481 e. The Balaban J connectivity index is 2.11. The Bertz CT molecular complexity index is 864. The average Bonchev–Trinajstić information content (AvgIpc) is 2.53. The largest absolute Gasteiger partial charge is 0.481 e. The van der Waals surface area contributed by atoms with Crippen molar-refractivity contribution in [2.75, 3.05) is 0 Å². The third-order valence-corrected chi connectivity index (χ3v) is 4.64. The number of carbonyl (C=O) groups is 1. The molecule has 21 heavy (non-hydrogen) atoms. The summed E-state index contributed by atoms with van der Waals surface area (Å²) in [5.41, 5.74) is 2.24. The monoisotopic (exact) mass is 276 g/mol. The van der Waals surface area contributed by atoms with E-state index >= 15 is 0 Å². The molecule has 0 radical (unpaired) electrons. The van der Waals surface area contributed by atoms with Crippen LogP contribution in [0.4, 0.5) is 0 Å². The van der Waals surface area contributed by atoms with Gasteiger partial charge < -0.3 is 5.11 Å². The summed E-state index contributed by atoms with van der Waals surface area (Å²) in [6.07, 6.45) is 2.69. The van der Waals surface area contributed by atoms with Crippen molar-refractivity contribution in [3.05, 3.63) is 59.7 Å². The van der Waals surface area contributed by atoms with E-state index in [9.17, 15) is 9.90 Å². The average molecular weight is 276 g/mol. The molecule has 0 spiro atoms. The van der Waals surface area contributed by atoms with Crippen LogP contribution < -0.4 is 0 Å². The highest BCUT2D eigenvalue weighted by molar-refractivity contribution is 6.09. The molecule has 0 amide bonds. The topological polar surface area (TPSA) is 37.3 Å². The van der Waals surface area contributed by atoms with E-state index in [0.717, 1.165) is 30.2 Å². The molecule has 104 valence electrons. The third-order valence-electron chi connectivity index (χ3n) is 4.64. The summed E-state index contributed by atoms with van der Waals surface area (Å²) in [4.78, 5) is 11.6. The SMILES string of the molecule is O=C(O)C1CCCc2ccc3c(ccc4ccccc43)c21. The molecular weight excluding hydrogens is 260 g/mol. The minimum atomic E-state index is -0.698. The van der Waals surface area contributed by atoms with E-state index in [-0.39, 0.29) is 5.92 Å². The second kappa shape index (κ2) is 4.59. The number of benzene rings is 3. The van der Waals surface area contributed by atoms with Gasteiger partial charge in [-0.2, -0.15) is 0 Å². The molecule has 0 fully saturated rings. The lowest BCUT2D eigenvalue weighted by molar-refractivity contribution is -0.139. The van der Waals surface area contributed by atoms with Gasteiger partial charge in [-0.25, -0.2) is 0 Å². The standard InChI is InChI=1S/C19H16O2/c20-19(21)17-7-3-5-13-9-10-15-14-6-2-1-4-12(14)8-11-16(15)18(13)17/h1-2,4,6,8-11,17H,3,5,7H2,(H,20,21). The Labute approximate surface area is 123 Å². The number of carboxylic acid groups (broad SMARTS) is 1. The summed E-state index contributed by atoms with van der Waals surface area (Å²) in [7, 11) is 0. The Hall–Kier alpha value is -2.35. The normalized spacial score (nSPS) is 17.8. The van der Waals surface area contributed by atoms with E-state index in [4.69, 9.17) is 0 Å². The fourth-order valence-electron chi connectivity index (χ4n) is 3.67. The minimum absolute atomic E-state index is 0.362. The Morgan fingerprint density at radius 1 is 0.952 bits per heavy atom. The van der Waals surface area contributed by atoms with Crippen molar-refractivity contribution in [1.29, 1.82) is 0 Å². The summed E-state index contributed by atoms with van der Waals surface area (Å²) in [5, 5.41) is 14.2. The maximum atomic E-state index is 11.6. The van der Waals surface area contributed by atoms with Crippen molar-refractivity contribution in [2.45, 2.75) is 25.2 Å². The van der Waals surface area contributed by atoms with Gasteiger partial charge in [0.1, 0.15) is 0 Å². The maximum absolute atomic E-state index is 11.6. The van der Waals surface area contributed by atoms with Crippen LogP contribution in [0.15, 0.2) is 48.5 Å². The summed E-state index contributed by atoms with van der Waals surface area (Å²) in [6.45, 7) is 0. The van der Waals surface area contributed by atoms with Crippen LogP contribution in [-0.4, -0.2) is 11.1 Å². The molecule has 0 heterocycles. The van der Waals surface area contributed by atoms with Gasteiger partial charge in [0.2, 0.25) is 0 Å². The van der Waals surface area contributed by atoms with E-state index in [0.29, 0.717) is 0 Å². The molecule has 1 aliphatic carbocycles. The Kier molecular flexibility index (Phi) is 2.71. The van der Waals surface area contributed by atoms with Gasteiger partial charge in [0.25, 0.3) is 0 Å². The van der Waals surface area contributed by atoms with Crippen LogP contribution >= 0.6 is 0 Å². The zero-order valence-corrected chi connectivity index (χ0v) is 11.7. The molecule has 3 aromatic rings. The first-order valence-corrected chi connectivity index (χ1v) is 7.42. The number of hydrogen-bond donors (Lipinski definition) is 1. The highest BCUT2D eigenvalue weighted by Gasteiger charge is 2.28. The number of aryl methyl sites for hydroxylation is 1. The van der Waals surface area contributed by atoms with Crippen LogP contribution in [0.1, 0.15) is 29.9 Å². The van der Waals surface area contributed by atoms with Gasteiger partial charge in [-0.3, -0.25) is 4.79 Å². The Morgan fingerprint density at radius 3 is 2.62 bits per heavy atom. The third kappa shape index (κ3) is 1.83. The van der Waals surface area contributed by atoms with Crippen LogP contribution in [0.2, 0.25) is 0 Å². The van der Waals surface area contributed by atoms with Gasteiger partial charge in [0.15, 0.2) is 0 Å². The lowest BCUT2D eigenvalue weighted by Crippen LogP contribution is -2.18. The van der Waals surface area contributed by atoms with Crippen molar-refractivity contribution >= 4 is 27.5 Å². The molecule has 2 heteroatoms. The molecule has 2 nitrogen and oxygen atoms in total. The second-order valence-corrected chi connectivity index (χ2v) is 5.80. The van der Waals surface area contributed by atoms with Crippen molar-refractivity contribution in [3.63, 3.8) is 0 Å². The van der Waals surface area contributed by atoms with Gasteiger partial charge in [-0.1, -0.05) is 48.5 Å². The number of hydrogen-bond acceptors (Lipinski definition) is 1. The zero-order chi connectivity index (χ0) is 14.4. The fourth-order valence-corrected chi connectivity index (χ4v) is 3.67. The summed E-state index contributed by atoms with van der Waals surface area (Å²) in [5.74, 6) is -1.06. The van der Waals surface area contributed by atoms with Crippen LogP contribution in [-0.2, 0) is 11.2 Å². The lowest BCUT2D eigenvalue weighted by atomic mass is 9.79. The zero-order valence-electron chi connectivity index (χ0n) is 11.7. The molecular formula is C19H16O2. The van der Waals surface area contributed by atoms with Crippen molar-refractivity contribution < 1.29 is 9.90 Å². The van der Waals surface area contributed by atoms with E-state index in [1.54, 1.807) is 0 Å². The summed E-state index contributed by atoms with van der Waals surface area (Å²) < 4.78 is 0. The van der Waals surface area contributed by atoms with Crippen molar-refractivity contribution in [2.24, 2.45) is 0 Å². The predicted octanol–water partition coefficient (Wildman–Crippen LogP) is 4.50. The number of carboxylic acids is 1. The van der Waals surface area contributed by atoms with Crippen LogP contribution in [0.3, 0.4) is 0 Å². The van der Waals surface area contributed by atoms with Gasteiger partial charge in [0, 0.05) is 0 Å². The van der Waals surface area contributed by atoms with Crippen LogP contribution in [0.25, 0.3) is 21.5 Å². The van der Waals surface area contributed by atoms with Crippen LogP contribution in [0, 0.1) is 0 Å². The molecule has 3 aromatic carbocycles. The molecule has 4 rings (SSSR count). The lowest BCUT2D eigenvalue weighted by Gasteiger charge is -2.24. The van der Waals surface area contributed by atoms with Gasteiger partial charge in [0.05, 0.1) is 5.92 Å². The van der Waals surface area contributed by atoms with E-state index in [2.05, 4.69) is 36.4 Å². The quantitative estimate of drug-likeness (QED) is 0.664. The molecule has 0 bridgehead atoms. The van der Waals surface area contributed by atoms with Crippen molar-refractivity contribution in [3.8, 4) is 0 Å². The van der Waals surface area contributed by atoms with E-state index in [1.807, 2.05) is 12.1 Å². The fraction of sp³-hybridized carbons (Fsp3) is 0.211. The first kappa shape index (κ1) is 12.4. The molecule has 1 unspecified atom stereocenters. The summed E-state index contributed by atoms with van der Waals surface area (Å²) >= 11 is 0. The van der Waals surface area contributed by atoms with Gasteiger partial charge in [-0.15, -0.1) is 0 Å². The highest BCUT2D eigenvalue weighted by atomic mass is 16.4. The van der Waals surface area contributed by atoms with Gasteiger partial charge in [-0.05, 0) is 51.9 Å². The van der Waals surface area contributed by atoms with Crippen LogP contribution in [0.5, 0.6) is 0 Å². The highest BCUT2D eigenvalue weighted by Crippen LogP contribution is 2.39. The molecule has 0 saturated carbocycles. The van der Waals surface area contributed by atoms with Crippen molar-refractivity contribution in [1.82, 2.24) is 0 Å². The smallest absolute Gasteiger partial charge is 0.311 e. The Morgan fingerprint density at radius 2 is 1.76 bits per heavy atom. The first-order chi connectivity index (χ1) is 10.3.